The van der Waals surface area contributed by atoms with Crippen molar-refractivity contribution in [3.63, 3.8) is 0 Å². The fourth-order valence-corrected chi connectivity index (χ4v) is 3.78. The third-order valence-corrected chi connectivity index (χ3v) is 6.04. The minimum Gasteiger partial charge on any atom is -0.352 e. The van der Waals surface area contributed by atoms with E-state index in [4.69, 9.17) is 0 Å². The van der Waals surface area contributed by atoms with E-state index in [-0.39, 0.29) is 11.9 Å². The first-order valence-corrected chi connectivity index (χ1v) is 10.7. The summed E-state index contributed by atoms with van der Waals surface area (Å²) in [6, 6.07) is 17.6. The van der Waals surface area contributed by atoms with E-state index in [1.165, 1.54) is 0 Å². The van der Waals surface area contributed by atoms with Crippen molar-refractivity contribution in [2.75, 3.05) is 24.7 Å². The van der Waals surface area contributed by atoms with E-state index in [9.17, 15) is 9.59 Å². The van der Waals surface area contributed by atoms with Crippen molar-refractivity contribution in [1.82, 2.24) is 10.2 Å². The largest absolute Gasteiger partial charge is 0.352 e. The molecule has 0 unspecified atom stereocenters. The molecule has 1 aliphatic heterocycles. The number of carbonyl (C=O) groups excluding carboxylic acids is 2. The molecule has 3 rings (SSSR count). The Morgan fingerprint density at radius 3 is 2.46 bits per heavy atom. The lowest BCUT2D eigenvalue weighted by Crippen LogP contribution is -2.49. The Morgan fingerprint density at radius 2 is 1.79 bits per heavy atom. The second-order valence-electron chi connectivity index (χ2n) is 7.38. The summed E-state index contributed by atoms with van der Waals surface area (Å²) in [5, 5.41) is 6.01. The summed E-state index contributed by atoms with van der Waals surface area (Å²) in [6.45, 7) is 3.67. The van der Waals surface area contributed by atoms with Gasteiger partial charge in [-0.25, -0.2) is 4.79 Å². The lowest BCUT2D eigenvalue weighted by molar-refractivity contribution is -0.132. The van der Waals surface area contributed by atoms with Gasteiger partial charge >= 0.3 is 6.03 Å². The van der Waals surface area contributed by atoms with Gasteiger partial charge in [-0.1, -0.05) is 43.3 Å². The number of nitrogens with one attached hydrogen (secondary N) is 2. The number of rotatable bonds is 5. The number of hydrogen-bond donors (Lipinski definition) is 2. The van der Waals surface area contributed by atoms with Crippen LogP contribution in [0.3, 0.4) is 0 Å². The van der Waals surface area contributed by atoms with Crippen molar-refractivity contribution in [3.8, 4) is 0 Å². The van der Waals surface area contributed by atoms with Gasteiger partial charge in [0.25, 0.3) is 0 Å². The summed E-state index contributed by atoms with van der Waals surface area (Å²) in [4.78, 5) is 28.2. The molecular weight excluding hydrogens is 370 g/mol. The molecule has 5 nitrogen and oxygen atoms in total. The van der Waals surface area contributed by atoms with E-state index in [2.05, 4.69) is 10.6 Å². The number of urea groups is 1. The van der Waals surface area contributed by atoms with Crippen molar-refractivity contribution in [2.45, 2.75) is 31.2 Å². The second kappa shape index (κ2) is 9.15. The van der Waals surface area contributed by atoms with Crippen LogP contribution in [0.2, 0.25) is 0 Å². The fourth-order valence-electron chi connectivity index (χ4n) is 3.33. The van der Waals surface area contributed by atoms with Gasteiger partial charge in [-0.2, -0.15) is 0 Å². The monoisotopic (exact) mass is 397 g/mol. The molecule has 0 aromatic heterocycles. The molecular formula is C22H27N3O2S. The number of anilines is 1. The average Bonchev–Trinajstić information content (AvgIpc) is 2.73. The van der Waals surface area contributed by atoms with E-state index >= 15 is 0 Å². The summed E-state index contributed by atoms with van der Waals surface area (Å²) in [5.74, 6) is 0.0593. The molecule has 1 saturated heterocycles. The molecule has 1 heterocycles. The van der Waals surface area contributed by atoms with Crippen LogP contribution in [0.1, 0.15) is 25.3 Å². The van der Waals surface area contributed by atoms with Gasteiger partial charge < -0.3 is 15.5 Å². The van der Waals surface area contributed by atoms with Gasteiger partial charge in [-0.3, -0.25) is 4.79 Å². The Hall–Kier alpha value is -2.47. The molecule has 0 aliphatic carbocycles. The first-order chi connectivity index (χ1) is 13.5. The van der Waals surface area contributed by atoms with Gasteiger partial charge in [-0.15, -0.1) is 11.8 Å². The highest BCUT2D eigenvalue weighted by atomic mass is 32.2. The minimum absolute atomic E-state index is 0.0593. The van der Waals surface area contributed by atoms with Crippen LogP contribution in [-0.4, -0.2) is 36.2 Å². The molecule has 3 amide bonds. The number of likely N-dealkylation sites (tertiary alicyclic amines) is 1. The molecule has 2 aromatic rings. The van der Waals surface area contributed by atoms with Crippen LogP contribution in [0.15, 0.2) is 59.5 Å². The van der Waals surface area contributed by atoms with E-state index in [1.54, 1.807) is 16.7 Å². The van der Waals surface area contributed by atoms with Crippen LogP contribution in [0.4, 0.5) is 10.5 Å². The number of carbonyl (C=O) groups is 2. The topological polar surface area (TPSA) is 61.4 Å². The summed E-state index contributed by atoms with van der Waals surface area (Å²) in [5.41, 5.74) is 1.44. The zero-order valence-electron chi connectivity index (χ0n) is 16.4. The number of amides is 3. The number of nitrogens with zero attached hydrogens (tertiary/aromatic N) is 1. The Kier molecular flexibility index (Phi) is 6.62. The fraction of sp³-hybridized carbons (Fsp3) is 0.364. The van der Waals surface area contributed by atoms with Crippen molar-refractivity contribution < 1.29 is 9.59 Å². The average molecular weight is 398 g/mol. The van der Waals surface area contributed by atoms with Crippen LogP contribution in [0.25, 0.3) is 0 Å². The van der Waals surface area contributed by atoms with E-state index in [0.29, 0.717) is 32.5 Å². The SMILES string of the molecule is CSc1cccc(NC(=O)N2CCC(C)(C(=O)NCc3ccccc3)CC2)c1. The van der Waals surface area contributed by atoms with Crippen LogP contribution >= 0.6 is 11.8 Å². The van der Waals surface area contributed by atoms with E-state index in [0.717, 1.165) is 16.1 Å². The maximum atomic E-state index is 12.7. The third kappa shape index (κ3) is 5.07. The van der Waals surface area contributed by atoms with Gasteiger partial charge in [0, 0.05) is 35.6 Å². The predicted molar refractivity (Wildman–Crippen MR) is 114 cm³/mol. The van der Waals surface area contributed by atoms with Gasteiger partial charge in [0.15, 0.2) is 0 Å². The van der Waals surface area contributed by atoms with Crippen LogP contribution < -0.4 is 10.6 Å². The van der Waals surface area contributed by atoms with Crippen LogP contribution in [0, 0.1) is 5.41 Å². The Morgan fingerprint density at radius 1 is 1.07 bits per heavy atom. The van der Waals surface area contributed by atoms with Crippen LogP contribution in [0.5, 0.6) is 0 Å². The van der Waals surface area contributed by atoms with Crippen molar-refractivity contribution in [3.05, 3.63) is 60.2 Å². The van der Waals surface area contributed by atoms with Crippen molar-refractivity contribution in [2.24, 2.45) is 5.41 Å². The Bertz CT molecular complexity index is 818. The number of benzene rings is 2. The zero-order valence-corrected chi connectivity index (χ0v) is 17.2. The molecule has 0 radical (unpaired) electrons. The first kappa shape index (κ1) is 20.3. The molecule has 2 aromatic carbocycles. The van der Waals surface area contributed by atoms with Crippen molar-refractivity contribution >= 4 is 29.4 Å². The number of piperidine rings is 1. The Balaban J connectivity index is 1.50. The highest BCUT2D eigenvalue weighted by molar-refractivity contribution is 7.98. The van der Waals surface area contributed by atoms with Gasteiger partial charge in [0.1, 0.15) is 0 Å². The molecule has 2 N–H and O–H groups in total. The second-order valence-corrected chi connectivity index (χ2v) is 8.26. The van der Waals surface area contributed by atoms with Gasteiger partial charge in [-0.05, 0) is 42.9 Å². The molecule has 0 atom stereocenters. The summed E-state index contributed by atoms with van der Waals surface area (Å²) >= 11 is 1.64. The summed E-state index contributed by atoms with van der Waals surface area (Å²) < 4.78 is 0. The van der Waals surface area contributed by atoms with E-state index < -0.39 is 5.41 Å². The summed E-state index contributed by atoms with van der Waals surface area (Å²) in [6.07, 6.45) is 3.33. The predicted octanol–water partition coefficient (Wildman–Crippen LogP) is 4.36. The highest BCUT2D eigenvalue weighted by Crippen LogP contribution is 2.31. The lowest BCUT2D eigenvalue weighted by atomic mass is 9.79. The standard InChI is InChI=1S/C22H27N3O2S/c1-22(20(26)23-16-17-7-4-3-5-8-17)11-13-25(14-12-22)21(27)24-18-9-6-10-19(15-18)28-2/h3-10,15H,11-14,16H2,1-2H3,(H,23,26)(H,24,27). The smallest absolute Gasteiger partial charge is 0.321 e. The molecule has 0 saturated carbocycles. The number of thioether (sulfide) groups is 1. The zero-order chi connectivity index (χ0) is 20.0. The third-order valence-electron chi connectivity index (χ3n) is 5.32. The maximum absolute atomic E-state index is 12.7. The molecule has 28 heavy (non-hydrogen) atoms. The molecule has 0 spiro atoms. The molecule has 0 bridgehead atoms. The van der Waals surface area contributed by atoms with E-state index in [1.807, 2.05) is 67.8 Å². The maximum Gasteiger partial charge on any atom is 0.321 e. The summed E-state index contributed by atoms with van der Waals surface area (Å²) in [7, 11) is 0. The molecule has 6 heteroatoms. The van der Waals surface area contributed by atoms with Crippen molar-refractivity contribution in [1.29, 1.82) is 0 Å². The molecule has 148 valence electrons. The first-order valence-electron chi connectivity index (χ1n) is 9.52. The molecule has 1 fully saturated rings. The van der Waals surface area contributed by atoms with Crippen LogP contribution in [-0.2, 0) is 11.3 Å². The normalized spacial score (nSPS) is 15.7. The van der Waals surface area contributed by atoms with Gasteiger partial charge in [0.05, 0.1) is 0 Å². The lowest BCUT2D eigenvalue weighted by Gasteiger charge is -2.38. The molecule has 1 aliphatic rings. The number of hydrogen-bond acceptors (Lipinski definition) is 3. The highest BCUT2D eigenvalue weighted by Gasteiger charge is 2.37. The van der Waals surface area contributed by atoms with Gasteiger partial charge in [0.2, 0.25) is 5.91 Å². The minimum atomic E-state index is -0.440. The quantitative estimate of drug-likeness (QED) is 0.737. The Labute approximate surface area is 170 Å².